The Balaban J connectivity index is 1.69. The van der Waals surface area contributed by atoms with Crippen LogP contribution in [0.2, 0.25) is 0 Å². The van der Waals surface area contributed by atoms with Crippen molar-refractivity contribution in [2.24, 2.45) is 0 Å². The van der Waals surface area contributed by atoms with Crippen molar-refractivity contribution in [1.82, 2.24) is 9.97 Å². The van der Waals surface area contributed by atoms with E-state index in [1.807, 2.05) is 30.5 Å². The molecule has 0 saturated carbocycles. The van der Waals surface area contributed by atoms with Crippen molar-refractivity contribution >= 4 is 23.2 Å². The maximum absolute atomic E-state index is 12.2. The lowest BCUT2D eigenvalue weighted by molar-refractivity contribution is 0.104. The second-order valence-electron chi connectivity index (χ2n) is 4.95. The summed E-state index contributed by atoms with van der Waals surface area (Å²) in [7, 11) is 0. The van der Waals surface area contributed by atoms with Crippen LogP contribution in [0.25, 0.3) is 16.8 Å². The van der Waals surface area contributed by atoms with Crippen molar-refractivity contribution in [2.45, 2.75) is 6.92 Å². The van der Waals surface area contributed by atoms with E-state index >= 15 is 0 Å². The van der Waals surface area contributed by atoms with Crippen molar-refractivity contribution in [2.75, 3.05) is 6.61 Å². The van der Waals surface area contributed by atoms with Gasteiger partial charge >= 0.3 is 0 Å². The van der Waals surface area contributed by atoms with Crippen LogP contribution >= 0.6 is 11.3 Å². The van der Waals surface area contributed by atoms with E-state index in [9.17, 15) is 4.79 Å². The van der Waals surface area contributed by atoms with Gasteiger partial charge in [-0.1, -0.05) is 6.07 Å². The Kier molecular flexibility index (Phi) is 5.13. The highest BCUT2D eigenvalue weighted by Crippen LogP contribution is 2.22. The van der Waals surface area contributed by atoms with Crippen LogP contribution in [0.1, 0.15) is 23.0 Å². The minimum Gasteiger partial charge on any atom is -0.494 e. The number of allylic oxidation sites excluding steroid dienone is 1. The fraction of sp³-hybridized carbons (Fsp3) is 0.105. The van der Waals surface area contributed by atoms with Gasteiger partial charge in [0.2, 0.25) is 0 Å². The molecule has 0 N–H and O–H groups in total. The molecule has 3 rings (SSSR count). The highest BCUT2D eigenvalue weighted by Gasteiger charge is 2.05. The molecule has 0 spiro atoms. The molecule has 0 unspecified atom stereocenters. The number of pyridine rings is 1. The number of carbonyl (C=O) groups is 1. The number of benzene rings is 1. The van der Waals surface area contributed by atoms with Crippen molar-refractivity contribution in [3.63, 3.8) is 0 Å². The lowest BCUT2D eigenvalue weighted by Crippen LogP contribution is -1.95. The van der Waals surface area contributed by atoms with E-state index in [0.717, 1.165) is 22.1 Å². The molecule has 0 aliphatic rings. The third kappa shape index (κ3) is 3.94. The normalized spacial score (nSPS) is 10.9. The Bertz CT molecular complexity index is 839. The molecular formula is C19H16N2O2S. The number of rotatable bonds is 6. The summed E-state index contributed by atoms with van der Waals surface area (Å²) in [6, 6.07) is 12.8. The zero-order valence-corrected chi connectivity index (χ0v) is 14.0. The molecule has 0 fully saturated rings. The summed E-state index contributed by atoms with van der Waals surface area (Å²) in [6.45, 7) is 2.53. The summed E-state index contributed by atoms with van der Waals surface area (Å²) < 4.78 is 5.37. The Labute approximate surface area is 144 Å². The number of hydrogen-bond donors (Lipinski definition) is 0. The Morgan fingerprint density at radius 3 is 2.75 bits per heavy atom. The number of carbonyl (C=O) groups excluding carboxylic acids is 1. The number of aromatic nitrogens is 2. The lowest BCUT2D eigenvalue weighted by Gasteiger charge is -2.02. The molecular weight excluding hydrogens is 320 g/mol. The fourth-order valence-electron chi connectivity index (χ4n) is 2.11. The van der Waals surface area contributed by atoms with Crippen LogP contribution in [0.5, 0.6) is 5.75 Å². The minimum absolute atomic E-state index is 0.0644. The summed E-state index contributed by atoms with van der Waals surface area (Å²) in [5, 5.41) is 2.75. The van der Waals surface area contributed by atoms with E-state index in [0.29, 0.717) is 12.2 Å². The summed E-state index contributed by atoms with van der Waals surface area (Å²) in [6.07, 6.45) is 5.00. The average Bonchev–Trinajstić information content (AvgIpc) is 3.10. The van der Waals surface area contributed by atoms with E-state index in [-0.39, 0.29) is 5.78 Å². The molecule has 3 aromatic rings. The third-order valence-electron chi connectivity index (χ3n) is 3.26. The number of thiazole rings is 1. The topological polar surface area (TPSA) is 52.1 Å². The Hall–Kier alpha value is -2.79. The molecule has 24 heavy (non-hydrogen) atoms. The summed E-state index contributed by atoms with van der Waals surface area (Å²) in [4.78, 5) is 21.0. The van der Waals surface area contributed by atoms with E-state index in [2.05, 4.69) is 9.97 Å². The first kappa shape index (κ1) is 16.1. The molecule has 120 valence electrons. The van der Waals surface area contributed by atoms with Gasteiger partial charge in [0.1, 0.15) is 10.8 Å². The maximum atomic E-state index is 12.2. The van der Waals surface area contributed by atoms with Gasteiger partial charge in [0.15, 0.2) is 5.78 Å². The highest BCUT2D eigenvalue weighted by molar-refractivity contribution is 7.13. The first-order valence-electron chi connectivity index (χ1n) is 7.58. The van der Waals surface area contributed by atoms with Gasteiger partial charge in [-0.15, -0.1) is 11.3 Å². The van der Waals surface area contributed by atoms with Crippen LogP contribution in [0.4, 0.5) is 0 Å². The Morgan fingerprint density at radius 1 is 1.21 bits per heavy atom. The SMILES string of the molecule is CCOc1ccc(C(=O)/C=C/c2csc(-c3ccccn3)n2)cc1. The second-order valence-corrected chi connectivity index (χ2v) is 5.81. The van der Waals surface area contributed by atoms with Gasteiger partial charge in [-0.05, 0) is 55.5 Å². The van der Waals surface area contributed by atoms with Crippen LogP contribution in [-0.4, -0.2) is 22.4 Å². The minimum atomic E-state index is -0.0644. The molecule has 0 amide bonds. The fourth-order valence-corrected chi connectivity index (χ4v) is 2.87. The van der Waals surface area contributed by atoms with Crippen LogP contribution in [0.15, 0.2) is 60.1 Å². The molecule has 2 heterocycles. The molecule has 5 heteroatoms. The van der Waals surface area contributed by atoms with E-state index in [4.69, 9.17) is 4.74 Å². The standard InChI is InChI=1S/C19H16N2O2S/c1-2-23-16-9-6-14(7-10-16)18(22)11-8-15-13-24-19(21-15)17-5-3-4-12-20-17/h3-13H,2H2,1H3/b11-8+. The van der Waals surface area contributed by atoms with E-state index in [1.165, 1.54) is 17.4 Å². The number of nitrogens with zero attached hydrogens (tertiary/aromatic N) is 2. The molecule has 1 aromatic carbocycles. The molecule has 0 atom stereocenters. The second kappa shape index (κ2) is 7.66. The summed E-state index contributed by atoms with van der Waals surface area (Å²) in [5.74, 6) is 0.697. The third-order valence-corrected chi connectivity index (χ3v) is 4.14. The maximum Gasteiger partial charge on any atom is 0.185 e. The van der Waals surface area contributed by atoms with Crippen LogP contribution in [0, 0.1) is 0 Å². The lowest BCUT2D eigenvalue weighted by atomic mass is 10.1. The number of ketones is 1. The van der Waals surface area contributed by atoms with Crippen molar-refractivity contribution < 1.29 is 9.53 Å². The molecule has 0 bridgehead atoms. The smallest absolute Gasteiger partial charge is 0.185 e. The van der Waals surface area contributed by atoms with Gasteiger partial charge in [-0.3, -0.25) is 9.78 Å². The zero-order valence-electron chi connectivity index (χ0n) is 13.2. The van der Waals surface area contributed by atoms with E-state index in [1.54, 1.807) is 36.5 Å². The van der Waals surface area contributed by atoms with Crippen LogP contribution < -0.4 is 4.74 Å². The van der Waals surface area contributed by atoms with E-state index < -0.39 is 0 Å². The number of ether oxygens (including phenoxy) is 1. The van der Waals surface area contributed by atoms with Gasteiger partial charge in [0.25, 0.3) is 0 Å². The van der Waals surface area contributed by atoms with Crippen molar-refractivity contribution in [3.8, 4) is 16.5 Å². The molecule has 0 radical (unpaired) electrons. The molecule has 4 nitrogen and oxygen atoms in total. The highest BCUT2D eigenvalue weighted by atomic mass is 32.1. The van der Waals surface area contributed by atoms with Crippen molar-refractivity contribution in [3.05, 3.63) is 71.4 Å². The zero-order chi connectivity index (χ0) is 16.8. The van der Waals surface area contributed by atoms with Gasteiger partial charge in [0.05, 0.1) is 18.0 Å². The summed E-state index contributed by atoms with van der Waals surface area (Å²) >= 11 is 1.50. The van der Waals surface area contributed by atoms with Gasteiger partial charge in [-0.2, -0.15) is 0 Å². The first-order chi connectivity index (χ1) is 11.8. The van der Waals surface area contributed by atoms with Gasteiger partial charge < -0.3 is 4.74 Å². The molecule has 0 saturated heterocycles. The average molecular weight is 336 g/mol. The summed E-state index contributed by atoms with van der Waals surface area (Å²) in [5.41, 5.74) is 2.20. The molecule has 0 aliphatic carbocycles. The van der Waals surface area contributed by atoms with Crippen LogP contribution in [0.3, 0.4) is 0 Å². The monoisotopic (exact) mass is 336 g/mol. The van der Waals surface area contributed by atoms with Gasteiger partial charge in [-0.25, -0.2) is 4.98 Å². The van der Waals surface area contributed by atoms with Crippen molar-refractivity contribution in [1.29, 1.82) is 0 Å². The quantitative estimate of drug-likeness (QED) is 0.491. The predicted octanol–water partition coefficient (Wildman–Crippen LogP) is 4.50. The molecule has 0 aliphatic heterocycles. The predicted molar refractivity (Wildman–Crippen MR) is 96.3 cm³/mol. The molecule has 2 aromatic heterocycles. The van der Waals surface area contributed by atoms with Gasteiger partial charge in [0, 0.05) is 17.1 Å². The van der Waals surface area contributed by atoms with Crippen LogP contribution in [-0.2, 0) is 0 Å². The largest absolute Gasteiger partial charge is 0.494 e. The number of hydrogen-bond acceptors (Lipinski definition) is 5. The first-order valence-corrected chi connectivity index (χ1v) is 8.46. The Morgan fingerprint density at radius 2 is 2.04 bits per heavy atom.